The molecule has 0 aliphatic heterocycles. The van der Waals surface area contributed by atoms with Crippen LogP contribution >= 0.6 is 0 Å². The first-order valence-electron chi connectivity index (χ1n) is 4.38. The molecule has 0 aliphatic carbocycles. The van der Waals surface area contributed by atoms with E-state index in [-0.39, 0.29) is 5.75 Å². The molecule has 5 heteroatoms. The third-order valence-corrected chi connectivity index (χ3v) is 2.17. The predicted molar refractivity (Wildman–Crippen MR) is 54.8 cm³/mol. The van der Waals surface area contributed by atoms with Crippen LogP contribution in [0.2, 0.25) is 0 Å². The summed E-state index contributed by atoms with van der Waals surface area (Å²) in [6.07, 6.45) is 0. The van der Waals surface area contributed by atoms with Gasteiger partial charge < -0.3 is 10.8 Å². The van der Waals surface area contributed by atoms with E-state index < -0.39 is 5.82 Å². The van der Waals surface area contributed by atoms with E-state index in [0.717, 1.165) is 6.07 Å². The SMILES string of the molecule is Cc1cc(-c2cc(N)n[nH]2)c(F)cc1O. The van der Waals surface area contributed by atoms with Crippen molar-refractivity contribution in [2.45, 2.75) is 6.92 Å². The number of H-pyrrole nitrogens is 1. The topological polar surface area (TPSA) is 74.9 Å². The van der Waals surface area contributed by atoms with E-state index in [4.69, 9.17) is 5.73 Å². The number of aromatic hydroxyl groups is 1. The predicted octanol–water partition coefficient (Wildman–Crippen LogP) is 1.81. The largest absolute Gasteiger partial charge is 0.508 e. The van der Waals surface area contributed by atoms with Crippen molar-refractivity contribution < 1.29 is 9.50 Å². The molecule has 0 fully saturated rings. The molecular formula is C10H10FN3O. The fraction of sp³-hybridized carbons (Fsp3) is 0.100. The van der Waals surface area contributed by atoms with Crippen molar-refractivity contribution in [1.29, 1.82) is 0 Å². The zero-order valence-corrected chi connectivity index (χ0v) is 8.08. The Bertz CT molecular complexity index is 507. The summed E-state index contributed by atoms with van der Waals surface area (Å²) in [5, 5.41) is 15.6. The number of nitrogens with one attached hydrogen (secondary N) is 1. The number of nitrogens with two attached hydrogens (primary N) is 1. The molecule has 0 saturated carbocycles. The number of nitrogen functional groups attached to an aromatic ring is 1. The number of nitrogens with zero attached hydrogens (tertiary/aromatic N) is 1. The minimum absolute atomic E-state index is 0.0660. The molecule has 1 aromatic heterocycles. The van der Waals surface area contributed by atoms with E-state index >= 15 is 0 Å². The highest BCUT2D eigenvalue weighted by Crippen LogP contribution is 2.28. The Hall–Kier alpha value is -2.04. The average Bonchev–Trinajstić information content (AvgIpc) is 2.58. The number of aromatic nitrogens is 2. The second kappa shape index (κ2) is 3.27. The molecule has 0 unspecified atom stereocenters. The van der Waals surface area contributed by atoms with Crippen LogP contribution in [0.3, 0.4) is 0 Å². The lowest BCUT2D eigenvalue weighted by atomic mass is 10.1. The summed E-state index contributed by atoms with van der Waals surface area (Å²) in [7, 11) is 0. The lowest BCUT2D eigenvalue weighted by Gasteiger charge is -2.03. The maximum absolute atomic E-state index is 13.5. The lowest BCUT2D eigenvalue weighted by Crippen LogP contribution is -1.87. The highest BCUT2D eigenvalue weighted by Gasteiger charge is 2.10. The van der Waals surface area contributed by atoms with Crippen molar-refractivity contribution in [2.24, 2.45) is 0 Å². The van der Waals surface area contributed by atoms with Crippen molar-refractivity contribution in [2.75, 3.05) is 5.73 Å². The molecule has 1 heterocycles. The molecule has 2 rings (SSSR count). The molecule has 0 bridgehead atoms. The summed E-state index contributed by atoms with van der Waals surface area (Å²) in [6, 6.07) is 4.15. The van der Waals surface area contributed by atoms with Gasteiger partial charge in [-0.2, -0.15) is 5.10 Å². The summed E-state index contributed by atoms with van der Waals surface area (Å²) < 4.78 is 13.5. The van der Waals surface area contributed by atoms with E-state index in [9.17, 15) is 9.50 Å². The molecule has 0 saturated heterocycles. The van der Waals surface area contributed by atoms with Gasteiger partial charge in [-0.05, 0) is 18.6 Å². The number of hydrogen-bond donors (Lipinski definition) is 3. The average molecular weight is 207 g/mol. The third kappa shape index (κ3) is 1.63. The van der Waals surface area contributed by atoms with Gasteiger partial charge in [-0.25, -0.2) is 4.39 Å². The molecule has 0 spiro atoms. The quantitative estimate of drug-likeness (QED) is 0.667. The molecule has 0 radical (unpaired) electrons. The minimum atomic E-state index is -0.512. The van der Waals surface area contributed by atoms with Crippen LogP contribution in [-0.2, 0) is 0 Å². The first-order chi connectivity index (χ1) is 7.08. The van der Waals surface area contributed by atoms with Gasteiger partial charge in [-0.1, -0.05) is 0 Å². The number of phenols is 1. The summed E-state index contributed by atoms with van der Waals surface area (Å²) in [5.41, 5.74) is 6.85. The van der Waals surface area contributed by atoms with Gasteiger partial charge in [0.15, 0.2) is 0 Å². The van der Waals surface area contributed by atoms with Crippen LogP contribution < -0.4 is 5.73 Å². The summed E-state index contributed by atoms with van der Waals surface area (Å²) >= 11 is 0. The van der Waals surface area contributed by atoms with Crippen molar-refractivity contribution >= 4 is 5.82 Å². The molecule has 0 aliphatic rings. The number of anilines is 1. The van der Waals surface area contributed by atoms with E-state index in [1.54, 1.807) is 6.92 Å². The lowest BCUT2D eigenvalue weighted by molar-refractivity contribution is 0.465. The molecular weight excluding hydrogens is 197 g/mol. The van der Waals surface area contributed by atoms with Gasteiger partial charge >= 0.3 is 0 Å². The van der Waals surface area contributed by atoms with Crippen LogP contribution in [-0.4, -0.2) is 15.3 Å². The second-order valence-corrected chi connectivity index (χ2v) is 3.33. The van der Waals surface area contributed by atoms with Crippen molar-refractivity contribution in [3.63, 3.8) is 0 Å². The molecule has 4 N–H and O–H groups in total. The molecule has 78 valence electrons. The number of aromatic amines is 1. The Balaban J connectivity index is 2.58. The number of benzene rings is 1. The fourth-order valence-corrected chi connectivity index (χ4v) is 1.35. The van der Waals surface area contributed by atoms with E-state index in [1.165, 1.54) is 12.1 Å². The smallest absolute Gasteiger partial charge is 0.145 e. The van der Waals surface area contributed by atoms with Gasteiger partial charge in [0.25, 0.3) is 0 Å². The molecule has 0 amide bonds. The molecule has 2 aromatic rings. The van der Waals surface area contributed by atoms with Crippen LogP contribution in [0.1, 0.15) is 5.56 Å². The van der Waals surface area contributed by atoms with Crippen LogP contribution in [0.4, 0.5) is 10.2 Å². The van der Waals surface area contributed by atoms with Crippen LogP contribution in [0.5, 0.6) is 5.75 Å². The Morgan fingerprint density at radius 2 is 2.13 bits per heavy atom. The van der Waals surface area contributed by atoms with Crippen molar-refractivity contribution in [3.8, 4) is 17.0 Å². The van der Waals surface area contributed by atoms with Gasteiger partial charge in [0.2, 0.25) is 0 Å². The number of rotatable bonds is 1. The van der Waals surface area contributed by atoms with E-state index in [1.807, 2.05) is 0 Å². The Morgan fingerprint density at radius 1 is 1.40 bits per heavy atom. The van der Waals surface area contributed by atoms with Gasteiger partial charge in [0.1, 0.15) is 17.4 Å². The number of phenolic OH excluding ortho intramolecular Hbond substituents is 1. The molecule has 15 heavy (non-hydrogen) atoms. The highest BCUT2D eigenvalue weighted by molar-refractivity contribution is 5.64. The maximum atomic E-state index is 13.5. The number of halogens is 1. The minimum Gasteiger partial charge on any atom is -0.508 e. The van der Waals surface area contributed by atoms with Crippen LogP contribution in [0.25, 0.3) is 11.3 Å². The first kappa shape index (κ1) is 9.51. The molecule has 0 atom stereocenters. The normalized spacial score (nSPS) is 10.5. The summed E-state index contributed by atoms with van der Waals surface area (Å²) in [6.45, 7) is 1.69. The Labute approximate surface area is 85.6 Å². The molecule has 4 nitrogen and oxygen atoms in total. The summed E-state index contributed by atoms with van der Waals surface area (Å²) in [5.74, 6) is -0.277. The highest BCUT2D eigenvalue weighted by atomic mass is 19.1. The second-order valence-electron chi connectivity index (χ2n) is 3.33. The number of aryl methyl sites for hydroxylation is 1. The summed E-state index contributed by atoms with van der Waals surface area (Å²) in [4.78, 5) is 0. The zero-order chi connectivity index (χ0) is 11.0. The van der Waals surface area contributed by atoms with Crippen molar-refractivity contribution in [1.82, 2.24) is 10.2 Å². The first-order valence-corrected chi connectivity index (χ1v) is 4.38. The van der Waals surface area contributed by atoms with Crippen LogP contribution in [0, 0.1) is 12.7 Å². The van der Waals surface area contributed by atoms with Gasteiger partial charge in [0.05, 0.1) is 5.69 Å². The van der Waals surface area contributed by atoms with Crippen LogP contribution in [0.15, 0.2) is 18.2 Å². The standard InChI is InChI=1S/C10H10FN3O/c1-5-2-6(7(11)3-9(5)15)8-4-10(12)14-13-8/h2-4,15H,1H3,(H3,12,13,14). The van der Waals surface area contributed by atoms with Gasteiger partial charge in [-0.3, -0.25) is 5.10 Å². The zero-order valence-electron chi connectivity index (χ0n) is 8.08. The van der Waals surface area contributed by atoms with E-state index in [2.05, 4.69) is 10.2 Å². The van der Waals surface area contributed by atoms with Gasteiger partial charge in [-0.15, -0.1) is 0 Å². The number of hydrogen-bond acceptors (Lipinski definition) is 3. The Morgan fingerprint density at radius 3 is 2.73 bits per heavy atom. The van der Waals surface area contributed by atoms with Gasteiger partial charge in [0, 0.05) is 17.7 Å². The monoisotopic (exact) mass is 207 g/mol. The fourth-order valence-electron chi connectivity index (χ4n) is 1.35. The maximum Gasteiger partial charge on any atom is 0.145 e. The third-order valence-electron chi connectivity index (χ3n) is 2.17. The van der Waals surface area contributed by atoms with E-state index in [0.29, 0.717) is 22.6 Å². The molecule has 1 aromatic carbocycles. The Kier molecular flexibility index (Phi) is 2.07. The van der Waals surface area contributed by atoms with Crippen molar-refractivity contribution in [3.05, 3.63) is 29.6 Å².